The van der Waals surface area contributed by atoms with E-state index in [0.29, 0.717) is 0 Å². The summed E-state index contributed by atoms with van der Waals surface area (Å²) < 4.78 is 12.6. The molecule has 0 amide bonds. The summed E-state index contributed by atoms with van der Waals surface area (Å²) in [6, 6.07) is 9.93. The van der Waals surface area contributed by atoms with Gasteiger partial charge in [-0.3, -0.25) is 0 Å². The minimum atomic E-state index is 0.276. The second-order valence-electron chi connectivity index (χ2n) is 5.00. The lowest BCUT2D eigenvalue weighted by molar-refractivity contribution is 0.174. The predicted octanol–water partition coefficient (Wildman–Crippen LogP) is 3.09. The molecule has 0 radical (unpaired) electrons. The number of benzene rings is 1. The van der Waals surface area contributed by atoms with Gasteiger partial charge in [-0.1, -0.05) is 17.8 Å². The van der Waals surface area contributed by atoms with E-state index in [0.717, 1.165) is 44.4 Å². The molecule has 0 atom stereocenters. The van der Waals surface area contributed by atoms with E-state index in [1.165, 1.54) is 0 Å². The molecule has 0 N–H and O–H groups in total. The first-order chi connectivity index (χ1) is 11.4. The highest BCUT2D eigenvalue weighted by Gasteiger charge is 2.22. The fourth-order valence-electron chi connectivity index (χ4n) is 2.50. The number of rotatable bonds is 2. The maximum absolute atomic E-state index is 5.45. The molecular weight excluding hydrogens is 332 g/mol. The van der Waals surface area contributed by atoms with Crippen LogP contribution < -0.4 is 9.47 Å². The summed E-state index contributed by atoms with van der Waals surface area (Å²) in [5, 5.41) is 16.1. The van der Waals surface area contributed by atoms with Gasteiger partial charge in [0, 0.05) is 11.3 Å². The van der Waals surface area contributed by atoms with E-state index >= 15 is 0 Å². The van der Waals surface area contributed by atoms with Crippen molar-refractivity contribution in [2.45, 2.75) is 5.16 Å². The van der Waals surface area contributed by atoms with Crippen molar-refractivity contribution in [3.05, 3.63) is 41.3 Å². The first-order valence-electron chi connectivity index (χ1n) is 6.98. The molecule has 114 valence electrons. The van der Waals surface area contributed by atoms with Crippen LogP contribution in [-0.4, -0.2) is 33.1 Å². The van der Waals surface area contributed by atoms with Gasteiger partial charge in [-0.15, -0.1) is 21.5 Å². The SMILES string of the molecule is c1csc(-c2nnc3n2N=C(c2ccc4c(c2)OCO4)CS3)c1. The van der Waals surface area contributed by atoms with Crippen LogP contribution in [0.3, 0.4) is 0 Å². The molecule has 6 nitrogen and oxygen atoms in total. The lowest BCUT2D eigenvalue weighted by Crippen LogP contribution is -2.13. The number of thiophene rings is 1. The topological polar surface area (TPSA) is 61.5 Å². The van der Waals surface area contributed by atoms with Gasteiger partial charge in [0.2, 0.25) is 11.9 Å². The number of ether oxygens (including phenoxy) is 2. The van der Waals surface area contributed by atoms with Gasteiger partial charge in [0.25, 0.3) is 0 Å². The Hall–Kier alpha value is -2.32. The number of hydrogen-bond acceptors (Lipinski definition) is 7. The molecule has 5 rings (SSSR count). The number of aromatic nitrogens is 3. The molecule has 3 aromatic rings. The number of hydrogen-bond donors (Lipinski definition) is 0. The van der Waals surface area contributed by atoms with E-state index in [1.54, 1.807) is 23.1 Å². The van der Waals surface area contributed by atoms with Crippen molar-refractivity contribution in [3.63, 3.8) is 0 Å². The van der Waals surface area contributed by atoms with E-state index in [2.05, 4.69) is 10.2 Å². The zero-order valence-corrected chi connectivity index (χ0v) is 13.4. The van der Waals surface area contributed by atoms with Gasteiger partial charge in [-0.25, -0.2) is 0 Å². The summed E-state index contributed by atoms with van der Waals surface area (Å²) in [4.78, 5) is 1.06. The van der Waals surface area contributed by atoms with E-state index in [9.17, 15) is 0 Å². The molecule has 2 aromatic heterocycles. The number of fused-ring (bicyclic) bond motifs is 2. The summed E-state index contributed by atoms with van der Waals surface area (Å²) in [5.41, 5.74) is 2.00. The molecule has 0 saturated carbocycles. The standard InChI is InChI=1S/C15H10N4O2S2/c1-2-13(22-5-1)14-16-17-15-19(14)18-10(7-23-15)9-3-4-11-12(6-9)21-8-20-11/h1-6H,7-8H2. The minimum absolute atomic E-state index is 0.276. The van der Waals surface area contributed by atoms with Gasteiger partial charge in [0.15, 0.2) is 17.3 Å². The Morgan fingerprint density at radius 3 is 2.96 bits per heavy atom. The van der Waals surface area contributed by atoms with Crippen LogP contribution in [0.5, 0.6) is 11.5 Å². The zero-order chi connectivity index (χ0) is 15.2. The van der Waals surface area contributed by atoms with Crippen molar-refractivity contribution in [1.82, 2.24) is 14.9 Å². The van der Waals surface area contributed by atoms with Crippen LogP contribution >= 0.6 is 23.1 Å². The molecule has 0 aliphatic carbocycles. The quantitative estimate of drug-likeness (QED) is 0.716. The summed E-state index contributed by atoms with van der Waals surface area (Å²) in [6.07, 6.45) is 0. The fourth-order valence-corrected chi connectivity index (χ4v) is 4.04. The maximum Gasteiger partial charge on any atom is 0.231 e. The maximum atomic E-state index is 5.45. The molecule has 8 heteroatoms. The normalized spacial score (nSPS) is 15.4. The molecule has 0 unspecified atom stereocenters. The Kier molecular flexibility index (Phi) is 2.92. The molecule has 23 heavy (non-hydrogen) atoms. The van der Waals surface area contributed by atoms with Crippen LogP contribution in [0.1, 0.15) is 5.56 Å². The van der Waals surface area contributed by atoms with Crippen LogP contribution in [0.25, 0.3) is 10.7 Å². The van der Waals surface area contributed by atoms with Crippen LogP contribution in [-0.2, 0) is 0 Å². The summed E-state index contributed by atoms with van der Waals surface area (Å²) >= 11 is 3.26. The highest BCUT2D eigenvalue weighted by atomic mass is 32.2. The monoisotopic (exact) mass is 342 g/mol. The minimum Gasteiger partial charge on any atom is -0.454 e. The second-order valence-corrected chi connectivity index (χ2v) is 6.89. The molecule has 0 saturated heterocycles. The lowest BCUT2D eigenvalue weighted by atomic mass is 10.1. The van der Waals surface area contributed by atoms with Crippen molar-refractivity contribution in [2.24, 2.45) is 5.10 Å². The van der Waals surface area contributed by atoms with E-state index < -0.39 is 0 Å². The van der Waals surface area contributed by atoms with Gasteiger partial charge < -0.3 is 9.47 Å². The van der Waals surface area contributed by atoms with E-state index in [4.69, 9.17) is 14.6 Å². The van der Waals surface area contributed by atoms with Crippen molar-refractivity contribution < 1.29 is 9.47 Å². The fraction of sp³-hybridized carbons (Fsp3) is 0.133. The third kappa shape index (κ3) is 2.13. The van der Waals surface area contributed by atoms with Crippen molar-refractivity contribution in [3.8, 4) is 22.2 Å². The highest BCUT2D eigenvalue weighted by Crippen LogP contribution is 2.35. The Labute approximate surface area is 139 Å². The first kappa shape index (κ1) is 13.1. The Balaban J connectivity index is 1.59. The Morgan fingerprint density at radius 2 is 2.04 bits per heavy atom. The average molecular weight is 342 g/mol. The summed E-state index contributed by atoms with van der Waals surface area (Å²) in [7, 11) is 0. The predicted molar refractivity (Wildman–Crippen MR) is 88.6 cm³/mol. The van der Waals surface area contributed by atoms with Crippen LogP contribution in [0.4, 0.5) is 0 Å². The third-order valence-corrected chi connectivity index (χ3v) is 5.41. The molecule has 4 heterocycles. The molecular formula is C15H10N4O2S2. The molecule has 2 aliphatic heterocycles. The summed E-state index contributed by atoms with van der Waals surface area (Å²) in [5.74, 6) is 3.08. The molecule has 0 fully saturated rings. The Bertz CT molecular complexity index is 918. The molecule has 0 spiro atoms. The van der Waals surface area contributed by atoms with Crippen LogP contribution in [0.2, 0.25) is 0 Å². The first-order valence-corrected chi connectivity index (χ1v) is 8.85. The van der Waals surface area contributed by atoms with Crippen molar-refractivity contribution >= 4 is 28.8 Å². The largest absolute Gasteiger partial charge is 0.454 e. The molecule has 0 bridgehead atoms. The van der Waals surface area contributed by atoms with Gasteiger partial charge in [0.1, 0.15) is 0 Å². The van der Waals surface area contributed by atoms with E-state index in [-0.39, 0.29) is 6.79 Å². The van der Waals surface area contributed by atoms with Crippen LogP contribution in [0.15, 0.2) is 46.0 Å². The van der Waals surface area contributed by atoms with Gasteiger partial charge >= 0.3 is 0 Å². The lowest BCUT2D eigenvalue weighted by Gasteiger charge is -2.13. The van der Waals surface area contributed by atoms with Gasteiger partial charge in [0.05, 0.1) is 10.6 Å². The van der Waals surface area contributed by atoms with Gasteiger partial charge in [-0.05, 0) is 29.6 Å². The second kappa shape index (κ2) is 5.10. The zero-order valence-electron chi connectivity index (χ0n) is 11.8. The smallest absolute Gasteiger partial charge is 0.231 e. The van der Waals surface area contributed by atoms with Gasteiger partial charge in [-0.2, -0.15) is 9.78 Å². The number of nitrogens with zero attached hydrogens (tertiary/aromatic N) is 4. The number of thioether (sulfide) groups is 1. The van der Waals surface area contributed by atoms with E-state index in [1.807, 2.05) is 40.4 Å². The highest BCUT2D eigenvalue weighted by molar-refractivity contribution is 7.99. The van der Waals surface area contributed by atoms with Crippen molar-refractivity contribution in [2.75, 3.05) is 12.5 Å². The molecule has 1 aromatic carbocycles. The molecule has 2 aliphatic rings. The third-order valence-electron chi connectivity index (χ3n) is 3.62. The van der Waals surface area contributed by atoms with Crippen LogP contribution in [0, 0.1) is 0 Å². The Morgan fingerprint density at radius 1 is 1.09 bits per heavy atom. The average Bonchev–Trinajstić information content (AvgIpc) is 3.32. The van der Waals surface area contributed by atoms with Crippen molar-refractivity contribution in [1.29, 1.82) is 0 Å². The summed E-state index contributed by atoms with van der Waals surface area (Å²) in [6.45, 7) is 0.276.